The molecule has 1 aromatic heterocycles. The van der Waals surface area contributed by atoms with Gasteiger partial charge in [0.1, 0.15) is 5.76 Å². The van der Waals surface area contributed by atoms with Crippen molar-refractivity contribution in [1.29, 1.82) is 0 Å². The highest BCUT2D eigenvalue weighted by molar-refractivity contribution is 7.89. The van der Waals surface area contributed by atoms with Crippen molar-refractivity contribution in [3.63, 3.8) is 0 Å². The van der Waals surface area contributed by atoms with Gasteiger partial charge in [-0.2, -0.15) is 17.5 Å². The van der Waals surface area contributed by atoms with Gasteiger partial charge in [0, 0.05) is 30.3 Å². The number of sulfonamides is 1. The lowest BCUT2D eigenvalue weighted by atomic mass is 10.1. The fourth-order valence-electron chi connectivity index (χ4n) is 3.75. The van der Waals surface area contributed by atoms with Gasteiger partial charge in [-0.15, -0.1) is 0 Å². The van der Waals surface area contributed by atoms with Gasteiger partial charge in [0.25, 0.3) is 5.91 Å². The number of rotatable bonds is 8. The van der Waals surface area contributed by atoms with Gasteiger partial charge in [0.15, 0.2) is 5.88 Å². The number of furan rings is 1. The van der Waals surface area contributed by atoms with Crippen LogP contribution in [0, 0.1) is 0 Å². The first kappa shape index (κ1) is 26.2. The number of carbonyl (C=O) groups excluding carboxylic acids is 2. The summed E-state index contributed by atoms with van der Waals surface area (Å²) >= 11 is 0. The van der Waals surface area contributed by atoms with E-state index in [9.17, 15) is 31.2 Å². The summed E-state index contributed by atoms with van der Waals surface area (Å²) in [7, 11) is -3.87. The van der Waals surface area contributed by atoms with Crippen LogP contribution in [0.2, 0.25) is 0 Å². The molecule has 4 rings (SSSR count). The highest BCUT2D eigenvalue weighted by atomic mass is 32.2. The van der Waals surface area contributed by atoms with Crippen molar-refractivity contribution in [3.05, 3.63) is 95.3 Å². The Balaban J connectivity index is 1.32. The summed E-state index contributed by atoms with van der Waals surface area (Å²) < 4.78 is 70.8. The zero-order chi connectivity index (χ0) is 26.8. The molecule has 194 valence electrons. The number of amides is 2. The van der Waals surface area contributed by atoms with E-state index in [1.165, 1.54) is 40.7 Å². The van der Waals surface area contributed by atoms with Gasteiger partial charge in [-0.25, -0.2) is 8.42 Å². The summed E-state index contributed by atoms with van der Waals surface area (Å²) in [5.41, 5.74) is 0.763. The molecule has 0 spiro atoms. The number of fused-ring (bicyclic) bond motifs is 1. The fraction of sp³-hybridized carbons (Fsp3) is 0.200. The zero-order valence-corrected chi connectivity index (χ0v) is 20.2. The molecule has 0 atom stereocenters. The first-order chi connectivity index (χ1) is 17.5. The normalized spacial score (nSPS) is 13.7. The van der Waals surface area contributed by atoms with E-state index < -0.39 is 33.6 Å². The smallest absolute Gasteiger partial charge is 0.416 e. The third-order valence-corrected chi connectivity index (χ3v) is 7.54. The van der Waals surface area contributed by atoms with Crippen molar-refractivity contribution in [2.24, 2.45) is 0 Å². The van der Waals surface area contributed by atoms with Gasteiger partial charge in [-0.3, -0.25) is 14.9 Å². The van der Waals surface area contributed by atoms with E-state index >= 15 is 0 Å². The van der Waals surface area contributed by atoms with Gasteiger partial charge in [-0.05, 0) is 54.5 Å². The molecule has 0 aliphatic carbocycles. The van der Waals surface area contributed by atoms with E-state index in [0.717, 1.165) is 18.2 Å². The average Bonchev–Trinajstić information content (AvgIpc) is 3.43. The van der Waals surface area contributed by atoms with Gasteiger partial charge in [0.05, 0.1) is 17.0 Å². The van der Waals surface area contributed by atoms with Crippen LogP contribution in [0.25, 0.3) is 0 Å². The maximum atomic E-state index is 13.0. The summed E-state index contributed by atoms with van der Waals surface area (Å²) in [5.74, 6) is -0.251. The van der Waals surface area contributed by atoms with Crippen molar-refractivity contribution in [1.82, 2.24) is 9.62 Å². The molecule has 0 unspecified atom stereocenters. The molecule has 0 saturated carbocycles. The minimum absolute atomic E-state index is 0.000795. The lowest BCUT2D eigenvalue weighted by molar-refractivity contribution is -0.137. The van der Waals surface area contributed by atoms with Crippen LogP contribution in [0.15, 0.2) is 76.6 Å². The largest absolute Gasteiger partial charge is 0.444 e. The Kier molecular flexibility index (Phi) is 7.23. The molecule has 0 saturated heterocycles. The molecule has 3 aromatic rings. The topological polar surface area (TPSA) is 109 Å². The second-order valence-electron chi connectivity index (χ2n) is 8.25. The van der Waals surface area contributed by atoms with Gasteiger partial charge >= 0.3 is 6.18 Å². The first-order valence-corrected chi connectivity index (χ1v) is 12.5. The SMILES string of the molecule is C=CC(=O)Nc1cc2c(o1)CN(S(=O)(=O)c1ccc(C(=O)NCCc3ccc(C(F)(F)F)cc3)cc1)C2. The Morgan fingerprint density at radius 1 is 1.05 bits per heavy atom. The minimum atomic E-state index is -4.41. The number of hydrogen-bond acceptors (Lipinski definition) is 5. The van der Waals surface area contributed by atoms with Crippen LogP contribution >= 0.6 is 0 Å². The number of carbonyl (C=O) groups is 2. The van der Waals surface area contributed by atoms with Crippen LogP contribution in [0.4, 0.5) is 19.1 Å². The van der Waals surface area contributed by atoms with Crippen molar-refractivity contribution >= 4 is 27.7 Å². The molecular formula is C25H22F3N3O5S. The van der Waals surface area contributed by atoms with Gasteiger partial charge in [-0.1, -0.05) is 18.7 Å². The Morgan fingerprint density at radius 2 is 1.73 bits per heavy atom. The standard InChI is InChI=1S/C25H22F3N3O5S/c1-2-22(32)30-23-13-18-14-31(15-21(18)36-23)37(34,35)20-9-5-17(6-10-20)24(33)29-12-11-16-3-7-19(8-4-16)25(26,27)28/h2-10,13H,1,11-12,14-15H2,(H,29,33)(H,30,32). The van der Waals surface area contributed by atoms with E-state index in [2.05, 4.69) is 17.2 Å². The Bertz CT molecular complexity index is 1410. The molecule has 2 amide bonds. The summed E-state index contributed by atoms with van der Waals surface area (Å²) in [4.78, 5) is 23.8. The maximum absolute atomic E-state index is 13.0. The molecule has 8 nitrogen and oxygen atoms in total. The molecular weight excluding hydrogens is 511 g/mol. The van der Waals surface area contributed by atoms with Gasteiger partial charge in [0.2, 0.25) is 15.9 Å². The fourth-order valence-corrected chi connectivity index (χ4v) is 5.13. The second kappa shape index (κ2) is 10.2. The van der Waals surface area contributed by atoms with Crippen LogP contribution in [0.1, 0.15) is 32.8 Å². The number of anilines is 1. The van der Waals surface area contributed by atoms with Crippen molar-refractivity contribution < 1.29 is 35.6 Å². The minimum Gasteiger partial charge on any atom is -0.444 e. The zero-order valence-electron chi connectivity index (χ0n) is 19.3. The number of nitrogens with zero attached hydrogens (tertiary/aromatic N) is 1. The highest BCUT2D eigenvalue weighted by Gasteiger charge is 2.34. The Labute approximate surface area is 210 Å². The van der Waals surface area contributed by atoms with Crippen molar-refractivity contribution in [2.75, 3.05) is 11.9 Å². The number of halogens is 3. The predicted octanol–water partition coefficient (Wildman–Crippen LogP) is 4.10. The summed E-state index contributed by atoms with van der Waals surface area (Å²) in [6.45, 7) is 3.61. The summed E-state index contributed by atoms with van der Waals surface area (Å²) in [6, 6.07) is 11.7. The Morgan fingerprint density at radius 3 is 2.32 bits per heavy atom. The van der Waals surface area contributed by atoms with Crippen LogP contribution in [-0.4, -0.2) is 31.1 Å². The molecule has 0 bridgehead atoms. The molecule has 0 fully saturated rings. The quantitative estimate of drug-likeness (QED) is 0.424. The number of benzene rings is 2. The molecule has 1 aliphatic rings. The number of hydrogen-bond donors (Lipinski definition) is 2. The van der Waals surface area contributed by atoms with Crippen LogP contribution in [0.5, 0.6) is 0 Å². The monoisotopic (exact) mass is 533 g/mol. The van der Waals surface area contributed by atoms with Crippen molar-refractivity contribution in [2.45, 2.75) is 30.6 Å². The maximum Gasteiger partial charge on any atom is 0.416 e. The lowest BCUT2D eigenvalue weighted by Crippen LogP contribution is -2.27. The predicted molar refractivity (Wildman–Crippen MR) is 128 cm³/mol. The average molecular weight is 534 g/mol. The molecule has 1 aliphatic heterocycles. The van der Waals surface area contributed by atoms with Crippen LogP contribution < -0.4 is 10.6 Å². The van der Waals surface area contributed by atoms with E-state index in [0.29, 0.717) is 23.3 Å². The lowest BCUT2D eigenvalue weighted by Gasteiger charge is -2.16. The molecule has 0 radical (unpaired) electrons. The van der Waals surface area contributed by atoms with Gasteiger partial charge < -0.3 is 9.73 Å². The second-order valence-corrected chi connectivity index (χ2v) is 10.2. The third-order valence-electron chi connectivity index (χ3n) is 5.73. The molecule has 2 aromatic carbocycles. The van der Waals surface area contributed by atoms with Crippen molar-refractivity contribution in [3.8, 4) is 0 Å². The number of alkyl halides is 3. The molecule has 12 heteroatoms. The third kappa shape index (κ3) is 5.92. The molecule has 2 N–H and O–H groups in total. The van der Waals surface area contributed by atoms with E-state index in [1.54, 1.807) is 6.07 Å². The van der Waals surface area contributed by atoms with E-state index in [4.69, 9.17) is 4.42 Å². The first-order valence-electron chi connectivity index (χ1n) is 11.1. The molecule has 2 heterocycles. The highest BCUT2D eigenvalue weighted by Crippen LogP contribution is 2.33. The van der Waals surface area contributed by atoms with E-state index in [-0.39, 0.29) is 36.0 Å². The number of nitrogens with one attached hydrogen (secondary N) is 2. The van der Waals surface area contributed by atoms with E-state index in [1.807, 2.05) is 0 Å². The summed E-state index contributed by atoms with van der Waals surface area (Å²) in [5, 5.41) is 5.15. The molecule has 37 heavy (non-hydrogen) atoms. The van der Waals surface area contributed by atoms with Crippen LogP contribution in [-0.2, 0) is 40.5 Å². The van der Waals surface area contributed by atoms with Crippen LogP contribution in [0.3, 0.4) is 0 Å². The summed E-state index contributed by atoms with van der Waals surface area (Å²) in [6.07, 6.45) is -2.98. The Hall–Kier alpha value is -3.90.